The summed E-state index contributed by atoms with van der Waals surface area (Å²) < 4.78 is 6.53. The number of aromatic nitrogens is 1. The predicted octanol–water partition coefficient (Wildman–Crippen LogP) is 5.48. The molecule has 0 bridgehead atoms. The molecule has 8 heteroatoms. The Morgan fingerprint density at radius 2 is 1.93 bits per heavy atom. The molecule has 0 spiro atoms. The molecule has 0 aliphatic heterocycles. The van der Waals surface area contributed by atoms with Crippen LogP contribution in [0.4, 0.5) is 5.69 Å². The first-order valence-electron chi connectivity index (χ1n) is 8.88. The first kappa shape index (κ1) is 19.9. The maximum absolute atomic E-state index is 12.4. The average Bonchev–Trinajstić information content (AvgIpc) is 3.16. The molecule has 0 radical (unpaired) electrons. The van der Waals surface area contributed by atoms with Crippen LogP contribution in [0.3, 0.4) is 0 Å². The summed E-state index contributed by atoms with van der Waals surface area (Å²) in [5.74, 6) is -0.683. The Kier molecular flexibility index (Phi) is 5.65. The Morgan fingerprint density at radius 3 is 2.70 bits per heavy atom. The number of hydrogen-bond acceptors (Lipinski definition) is 5. The Hall–Kier alpha value is -3.42. The van der Waals surface area contributed by atoms with Crippen LogP contribution in [0.15, 0.2) is 66.3 Å². The fourth-order valence-electron chi connectivity index (χ4n) is 2.89. The van der Waals surface area contributed by atoms with E-state index in [0.717, 1.165) is 10.9 Å². The molecule has 2 aromatic heterocycles. The third-order valence-electron chi connectivity index (χ3n) is 4.38. The standard InChI is InChI=1S/C22H15ClN2O4S/c23-15-6-4-13(5-7-15)21(26)25-16-2-1-3-17(8-16)29-11-14-12-30-20-18(14)9-24-10-19(20)22(27)28/h1-10,12H,11H2,(H,25,26)(H,27,28). The lowest BCUT2D eigenvalue weighted by atomic mass is 10.2. The maximum atomic E-state index is 12.4. The number of thiophene rings is 1. The van der Waals surface area contributed by atoms with Crippen molar-refractivity contribution in [2.75, 3.05) is 5.32 Å². The number of benzene rings is 2. The quantitative estimate of drug-likeness (QED) is 0.416. The number of nitrogens with zero attached hydrogens (tertiary/aromatic N) is 1. The van der Waals surface area contributed by atoms with Crippen LogP contribution in [0, 0.1) is 0 Å². The van der Waals surface area contributed by atoms with Crippen LogP contribution in [-0.4, -0.2) is 22.0 Å². The van der Waals surface area contributed by atoms with Crippen molar-refractivity contribution in [2.24, 2.45) is 0 Å². The second-order valence-corrected chi connectivity index (χ2v) is 7.72. The molecule has 150 valence electrons. The van der Waals surface area contributed by atoms with Gasteiger partial charge in [-0.05, 0) is 41.8 Å². The summed E-state index contributed by atoms with van der Waals surface area (Å²) in [7, 11) is 0. The number of carbonyl (C=O) groups excluding carboxylic acids is 1. The number of rotatable bonds is 6. The van der Waals surface area contributed by atoms with Gasteiger partial charge in [-0.1, -0.05) is 17.7 Å². The van der Waals surface area contributed by atoms with E-state index in [4.69, 9.17) is 16.3 Å². The number of anilines is 1. The van der Waals surface area contributed by atoms with Gasteiger partial charge in [0, 0.05) is 45.7 Å². The van der Waals surface area contributed by atoms with Crippen molar-refractivity contribution in [3.8, 4) is 5.75 Å². The number of carboxylic acid groups (broad SMARTS) is 1. The molecule has 1 amide bonds. The summed E-state index contributed by atoms with van der Waals surface area (Å²) in [4.78, 5) is 27.7. The van der Waals surface area contributed by atoms with Gasteiger partial charge in [-0.3, -0.25) is 9.78 Å². The SMILES string of the molecule is O=C(Nc1cccc(OCc2csc3c(C(=O)O)cncc23)c1)c1ccc(Cl)cc1. The molecule has 4 rings (SSSR count). The van der Waals surface area contributed by atoms with Crippen LogP contribution in [0.2, 0.25) is 5.02 Å². The van der Waals surface area contributed by atoms with E-state index in [1.54, 1.807) is 54.7 Å². The average molecular weight is 439 g/mol. The van der Waals surface area contributed by atoms with Crippen LogP contribution in [-0.2, 0) is 6.61 Å². The van der Waals surface area contributed by atoms with Crippen molar-refractivity contribution in [3.63, 3.8) is 0 Å². The number of carbonyl (C=O) groups is 2. The van der Waals surface area contributed by atoms with Crippen LogP contribution >= 0.6 is 22.9 Å². The molecule has 0 fully saturated rings. The van der Waals surface area contributed by atoms with Gasteiger partial charge in [-0.15, -0.1) is 11.3 Å². The summed E-state index contributed by atoms with van der Waals surface area (Å²) in [5, 5.41) is 15.3. The molecule has 30 heavy (non-hydrogen) atoms. The molecule has 0 aliphatic rings. The molecule has 2 heterocycles. The molecular weight excluding hydrogens is 424 g/mol. The van der Waals surface area contributed by atoms with Crippen molar-refractivity contribution in [3.05, 3.63) is 88.0 Å². The summed E-state index contributed by atoms with van der Waals surface area (Å²) in [6.07, 6.45) is 2.98. The van der Waals surface area contributed by atoms with Crippen LogP contribution < -0.4 is 10.1 Å². The highest BCUT2D eigenvalue weighted by Crippen LogP contribution is 2.29. The molecule has 0 aliphatic carbocycles. The molecule has 2 N–H and O–H groups in total. The number of carboxylic acids is 1. The minimum Gasteiger partial charge on any atom is -0.489 e. The number of hydrogen-bond donors (Lipinski definition) is 2. The van der Waals surface area contributed by atoms with Gasteiger partial charge in [0.1, 0.15) is 12.4 Å². The third kappa shape index (κ3) is 4.27. The van der Waals surface area contributed by atoms with E-state index in [-0.39, 0.29) is 18.1 Å². The molecule has 0 saturated carbocycles. The van der Waals surface area contributed by atoms with E-state index in [2.05, 4.69) is 10.3 Å². The Labute approximate surface area is 180 Å². The number of ether oxygens (including phenoxy) is 1. The lowest BCUT2D eigenvalue weighted by Gasteiger charge is -2.09. The smallest absolute Gasteiger partial charge is 0.338 e. The van der Waals surface area contributed by atoms with Crippen molar-refractivity contribution in [2.45, 2.75) is 6.61 Å². The second-order valence-electron chi connectivity index (χ2n) is 6.41. The minimum atomic E-state index is -1.01. The van der Waals surface area contributed by atoms with Crippen LogP contribution in [0.5, 0.6) is 5.75 Å². The Morgan fingerprint density at radius 1 is 1.13 bits per heavy atom. The summed E-state index contributed by atoms with van der Waals surface area (Å²) in [6.45, 7) is 0.249. The molecule has 0 atom stereocenters. The predicted molar refractivity (Wildman–Crippen MR) is 117 cm³/mol. The summed E-state index contributed by atoms with van der Waals surface area (Å²) in [6, 6.07) is 13.7. The highest BCUT2D eigenvalue weighted by molar-refractivity contribution is 7.17. The van der Waals surface area contributed by atoms with E-state index >= 15 is 0 Å². The van der Waals surface area contributed by atoms with Crippen LogP contribution in [0.25, 0.3) is 10.1 Å². The topological polar surface area (TPSA) is 88.5 Å². The maximum Gasteiger partial charge on any atom is 0.338 e. The molecule has 0 unspecified atom stereocenters. The van der Waals surface area contributed by atoms with Crippen molar-refractivity contribution in [1.29, 1.82) is 0 Å². The van der Waals surface area contributed by atoms with Gasteiger partial charge in [0.15, 0.2) is 0 Å². The minimum absolute atomic E-state index is 0.177. The van der Waals surface area contributed by atoms with Gasteiger partial charge < -0.3 is 15.2 Å². The van der Waals surface area contributed by atoms with Crippen LogP contribution in [0.1, 0.15) is 26.3 Å². The monoisotopic (exact) mass is 438 g/mol. The number of halogens is 1. The fourth-order valence-corrected chi connectivity index (χ4v) is 4.05. The van der Waals surface area contributed by atoms with E-state index in [9.17, 15) is 14.7 Å². The van der Waals surface area contributed by atoms with Gasteiger partial charge in [-0.25, -0.2) is 4.79 Å². The van der Waals surface area contributed by atoms with E-state index in [1.165, 1.54) is 17.5 Å². The van der Waals surface area contributed by atoms with Gasteiger partial charge >= 0.3 is 5.97 Å². The summed E-state index contributed by atoms with van der Waals surface area (Å²) in [5.41, 5.74) is 2.12. The second kappa shape index (κ2) is 8.52. The van der Waals surface area contributed by atoms with E-state index < -0.39 is 5.97 Å². The summed E-state index contributed by atoms with van der Waals surface area (Å²) >= 11 is 7.20. The highest BCUT2D eigenvalue weighted by atomic mass is 35.5. The molecule has 6 nitrogen and oxygen atoms in total. The van der Waals surface area contributed by atoms with E-state index in [1.807, 2.05) is 5.38 Å². The van der Waals surface area contributed by atoms with Crippen molar-refractivity contribution >= 4 is 50.6 Å². The lowest BCUT2D eigenvalue weighted by Crippen LogP contribution is -2.11. The Bertz CT molecular complexity index is 1240. The molecule has 2 aromatic carbocycles. The normalized spacial score (nSPS) is 10.7. The number of fused-ring (bicyclic) bond motifs is 1. The van der Waals surface area contributed by atoms with E-state index in [0.29, 0.717) is 26.7 Å². The van der Waals surface area contributed by atoms with Crippen molar-refractivity contribution < 1.29 is 19.4 Å². The number of pyridine rings is 1. The number of nitrogens with one attached hydrogen (secondary N) is 1. The van der Waals surface area contributed by atoms with Gasteiger partial charge in [0.2, 0.25) is 0 Å². The van der Waals surface area contributed by atoms with Gasteiger partial charge in [0.25, 0.3) is 5.91 Å². The molecule has 4 aromatic rings. The zero-order valence-corrected chi connectivity index (χ0v) is 17.0. The number of aromatic carboxylic acids is 1. The zero-order chi connectivity index (χ0) is 21.1. The third-order valence-corrected chi connectivity index (χ3v) is 5.71. The largest absolute Gasteiger partial charge is 0.489 e. The number of amides is 1. The van der Waals surface area contributed by atoms with Crippen molar-refractivity contribution in [1.82, 2.24) is 4.98 Å². The highest BCUT2D eigenvalue weighted by Gasteiger charge is 2.14. The Balaban J connectivity index is 1.47. The zero-order valence-electron chi connectivity index (χ0n) is 15.5. The fraction of sp³-hybridized carbons (Fsp3) is 0.0455. The van der Waals surface area contributed by atoms with Gasteiger partial charge in [0.05, 0.1) is 10.3 Å². The molecule has 0 saturated heterocycles. The first-order valence-corrected chi connectivity index (χ1v) is 10.1. The lowest BCUT2D eigenvalue weighted by molar-refractivity contribution is 0.0698. The first-order chi connectivity index (χ1) is 14.5. The molecular formula is C22H15ClN2O4S. The van der Waals surface area contributed by atoms with Gasteiger partial charge in [-0.2, -0.15) is 0 Å².